The molecule has 0 aromatic heterocycles. The summed E-state index contributed by atoms with van der Waals surface area (Å²) in [6.07, 6.45) is 1.38. The summed E-state index contributed by atoms with van der Waals surface area (Å²) in [4.78, 5) is 12.7. The van der Waals surface area contributed by atoms with Gasteiger partial charge < -0.3 is 9.47 Å². The predicted molar refractivity (Wildman–Crippen MR) is 133 cm³/mol. The molecule has 0 aliphatic carbocycles. The monoisotopic (exact) mass is 521 g/mol. The minimum absolute atomic E-state index is 0.000266. The summed E-state index contributed by atoms with van der Waals surface area (Å²) < 4.78 is 38.0. The maximum absolute atomic E-state index is 13.3. The quantitative estimate of drug-likeness (QED) is 0.333. The lowest BCUT2D eigenvalue weighted by Gasteiger charge is -2.24. The summed E-state index contributed by atoms with van der Waals surface area (Å²) in [5, 5.41) is 4.33. The van der Waals surface area contributed by atoms with Crippen molar-refractivity contribution in [1.82, 2.24) is 5.43 Å². The molecule has 0 saturated carbocycles. The van der Waals surface area contributed by atoms with Gasteiger partial charge in [0.15, 0.2) is 0 Å². The van der Waals surface area contributed by atoms with Crippen molar-refractivity contribution in [1.29, 1.82) is 0 Å². The minimum atomic E-state index is -4.12. The van der Waals surface area contributed by atoms with Crippen LogP contribution in [0, 0.1) is 0 Å². The fourth-order valence-corrected chi connectivity index (χ4v) is 4.99. The van der Waals surface area contributed by atoms with Crippen molar-refractivity contribution in [3.05, 3.63) is 82.3 Å². The number of anilines is 1. The molecular formula is C23H21Cl2N3O5S. The molecule has 11 heteroatoms. The molecule has 34 heavy (non-hydrogen) atoms. The molecule has 3 aromatic rings. The number of carbonyl (C=O) groups is 1. The Balaban J connectivity index is 1.85. The summed E-state index contributed by atoms with van der Waals surface area (Å²) >= 11 is 12.2. The molecule has 0 saturated heterocycles. The van der Waals surface area contributed by atoms with E-state index in [1.165, 1.54) is 50.8 Å². The van der Waals surface area contributed by atoms with Crippen LogP contribution < -0.4 is 19.2 Å². The number of hydrogen-bond donors (Lipinski definition) is 1. The van der Waals surface area contributed by atoms with E-state index < -0.39 is 22.5 Å². The van der Waals surface area contributed by atoms with Crippen molar-refractivity contribution >= 4 is 51.0 Å². The Kier molecular flexibility index (Phi) is 8.38. The van der Waals surface area contributed by atoms with E-state index in [1.807, 2.05) is 0 Å². The first-order chi connectivity index (χ1) is 16.3. The Bertz CT molecular complexity index is 1300. The Morgan fingerprint density at radius 2 is 1.76 bits per heavy atom. The molecule has 1 amide bonds. The highest BCUT2D eigenvalue weighted by molar-refractivity contribution is 7.92. The van der Waals surface area contributed by atoms with Gasteiger partial charge in [0.25, 0.3) is 15.9 Å². The first kappa shape index (κ1) is 25.4. The van der Waals surface area contributed by atoms with Gasteiger partial charge in [-0.3, -0.25) is 9.10 Å². The van der Waals surface area contributed by atoms with Gasteiger partial charge in [-0.05, 0) is 42.5 Å². The number of sulfonamides is 1. The second kappa shape index (κ2) is 11.2. The smallest absolute Gasteiger partial charge is 0.264 e. The van der Waals surface area contributed by atoms with Crippen LogP contribution in [0.4, 0.5) is 5.69 Å². The Labute approximate surface area is 207 Å². The highest BCUT2D eigenvalue weighted by atomic mass is 35.5. The van der Waals surface area contributed by atoms with E-state index in [0.29, 0.717) is 22.1 Å². The Hall–Kier alpha value is -3.27. The number of rotatable bonds is 9. The second-order valence-corrected chi connectivity index (χ2v) is 9.53. The predicted octanol–water partition coefficient (Wildman–Crippen LogP) is 4.36. The molecule has 0 atom stereocenters. The van der Waals surface area contributed by atoms with Crippen LogP contribution in [0.25, 0.3) is 0 Å². The number of hydrazone groups is 1. The number of nitrogens with zero attached hydrogens (tertiary/aromatic N) is 2. The van der Waals surface area contributed by atoms with Gasteiger partial charge in [0, 0.05) is 16.7 Å². The van der Waals surface area contributed by atoms with Crippen LogP contribution in [0.1, 0.15) is 5.56 Å². The van der Waals surface area contributed by atoms with Gasteiger partial charge in [-0.1, -0.05) is 41.4 Å². The maximum atomic E-state index is 13.3. The molecule has 0 unspecified atom stereocenters. The largest absolute Gasteiger partial charge is 0.497 e. The molecule has 0 heterocycles. The third-order valence-corrected chi connectivity index (χ3v) is 6.94. The molecule has 8 nitrogen and oxygen atoms in total. The summed E-state index contributed by atoms with van der Waals surface area (Å²) in [7, 11) is -1.10. The van der Waals surface area contributed by atoms with E-state index >= 15 is 0 Å². The van der Waals surface area contributed by atoms with Gasteiger partial charge in [0.05, 0.1) is 36.0 Å². The first-order valence-electron chi connectivity index (χ1n) is 9.83. The van der Waals surface area contributed by atoms with Gasteiger partial charge in [-0.25, -0.2) is 13.8 Å². The van der Waals surface area contributed by atoms with Crippen molar-refractivity contribution < 1.29 is 22.7 Å². The molecule has 0 radical (unpaired) electrons. The van der Waals surface area contributed by atoms with E-state index in [2.05, 4.69) is 10.5 Å². The van der Waals surface area contributed by atoms with Crippen molar-refractivity contribution in [2.45, 2.75) is 4.90 Å². The summed E-state index contributed by atoms with van der Waals surface area (Å²) in [5.41, 5.74) is 3.02. The van der Waals surface area contributed by atoms with Crippen molar-refractivity contribution in [2.75, 3.05) is 25.1 Å². The van der Waals surface area contributed by atoms with E-state index in [4.69, 9.17) is 32.7 Å². The highest BCUT2D eigenvalue weighted by Gasteiger charge is 2.28. The van der Waals surface area contributed by atoms with Crippen LogP contribution in [-0.2, 0) is 14.8 Å². The fourth-order valence-electron chi connectivity index (χ4n) is 2.97. The van der Waals surface area contributed by atoms with Crippen LogP contribution in [0.15, 0.2) is 76.7 Å². The standard InChI is InChI=1S/C23H21Cl2N3O5S/c1-32-18-10-8-16(22(13-18)33-2)14-26-27-23(29)15-28(21-11-9-17(24)12-20(21)25)34(30,31)19-6-4-3-5-7-19/h3-14H,15H2,1-2H3,(H,27,29)/b26-14-. The summed E-state index contributed by atoms with van der Waals surface area (Å²) in [6.45, 7) is -0.574. The topological polar surface area (TPSA) is 97.3 Å². The number of amides is 1. The normalized spacial score (nSPS) is 11.3. The second-order valence-electron chi connectivity index (χ2n) is 6.82. The van der Waals surface area contributed by atoms with Crippen LogP contribution in [-0.4, -0.2) is 41.3 Å². The van der Waals surface area contributed by atoms with Gasteiger partial charge in [-0.2, -0.15) is 5.10 Å². The number of nitrogens with one attached hydrogen (secondary N) is 1. The number of benzene rings is 3. The minimum Gasteiger partial charge on any atom is -0.497 e. The van der Waals surface area contributed by atoms with E-state index in [9.17, 15) is 13.2 Å². The third kappa shape index (κ3) is 5.99. The summed E-state index contributed by atoms with van der Waals surface area (Å²) in [5.74, 6) is 0.396. The number of methoxy groups -OCH3 is 2. The number of ether oxygens (including phenoxy) is 2. The van der Waals surface area contributed by atoms with Crippen molar-refractivity contribution in [2.24, 2.45) is 5.10 Å². The third-order valence-electron chi connectivity index (χ3n) is 4.63. The number of carbonyl (C=O) groups excluding carboxylic acids is 1. The SMILES string of the molecule is COc1ccc(/C=N\NC(=O)CN(c2ccc(Cl)cc2Cl)S(=O)(=O)c2ccccc2)c(OC)c1. The van der Waals surface area contributed by atoms with Crippen LogP contribution >= 0.6 is 23.2 Å². The molecule has 0 aliphatic rings. The van der Waals surface area contributed by atoms with Crippen molar-refractivity contribution in [3.63, 3.8) is 0 Å². The lowest BCUT2D eigenvalue weighted by atomic mass is 10.2. The molecule has 1 N–H and O–H groups in total. The van der Waals surface area contributed by atoms with Gasteiger partial charge in [0.2, 0.25) is 0 Å². The zero-order valence-electron chi connectivity index (χ0n) is 18.2. The van der Waals surface area contributed by atoms with E-state index in [1.54, 1.807) is 36.4 Å². The zero-order valence-corrected chi connectivity index (χ0v) is 20.6. The zero-order chi connectivity index (χ0) is 24.7. The van der Waals surface area contributed by atoms with Gasteiger partial charge in [-0.15, -0.1) is 0 Å². The molecule has 0 aliphatic heterocycles. The lowest BCUT2D eigenvalue weighted by Crippen LogP contribution is -2.39. The summed E-state index contributed by atoms with van der Waals surface area (Å²) in [6, 6.07) is 17.1. The average molecular weight is 522 g/mol. The van der Waals surface area contributed by atoms with E-state index in [0.717, 1.165) is 4.31 Å². The number of halogens is 2. The van der Waals surface area contributed by atoms with Gasteiger partial charge >= 0.3 is 0 Å². The maximum Gasteiger partial charge on any atom is 0.264 e. The molecule has 0 bridgehead atoms. The van der Waals surface area contributed by atoms with Crippen LogP contribution in [0.2, 0.25) is 10.0 Å². The molecule has 178 valence electrons. The molecule has 0 fully saturated rings. The number of hydrogen-bond acceptors (Lipinski definition) is 6. The fraction of sp³-hybridized carbons (Fsp3) is 0.130. The highest BCUT2D eigenvalue weighted by Crippen LogP contribution is 2.32. The van der Waals surface area contributed by atoms with E-state index in [-0.39, 0.29) is 15.6 Å². The molecule has 3 aromatic carbocycles. The average Bonchev–Trinajstić information content (AvgIpc) is 2.83. The van der Waals surface area contributed by atoms with Crippen LogP contribution in [0.5, 0.6) is 11.5 Å². The first-order valence-corrected chi connectivity index (χ1v) is 12.0. The Morgan fingerprint density at radius 1 is 1.03 bits per heavy atom. The molecule has 0 spiro atoms. The molecule has 3 rings (SSSR count). The Morgan fingerprint density at radius 3 is 2.41 bits per heavy atom. The van der Waals surface area contributed by atoms with Gasteiger partial charge in [0.1, 0.15) is 18.0 Å². The van der Waals surface area contributed by atoms with Crippen molar-refractivity contribution in [3.8, 4) is 11.5 Å². The lowest BCUT2D eigenvalue weighted by molar-refractivity contribution is -0.119. The molecular weight excluding hydrogens is 501 g/mol. The van der Waals surface area contributed by atoms with Crippen LogP contribution in [0.3, 0.4) is 0 Å².